The summed E-state index contributed by atoms with van der Waals surface area (Å²) in [5.41, 5.74) is 3.77. The summed E-state index contributed by atoms with van der Waals surface area (Å²) in [6, 6.07) is 8.79. The fraction of sp³-hybridized carbons (Fsp3) is 0. The van der Waals surface area contributed by atoms with Crippen molar-refractivity contribution in [1.82, 2.24) is 0 Å². The zero-order valence-corrected chi connectivity index (χ0v) is 11.3. The van der Waals surface area contributed by atoms with Gasteiger partial charge in [0.25, 0.3) is 0 Å². The molecule has 6 nitrogen and oxygen atoms in total. The SMILES string of the molecule is N#Cc1ccc(NN=Cc2cc(O)c(O)cc2O)c(Cl)c1. The van der Waals surface area contributed by atoms with Crippen molar-refractivity contribution in [1.29, 1.82) is 5.26 Å². The highest BCUT2D eigenvalue weighted by Gasteiger charge is 2.06. The van der Waals surface area contributed by atoms with Gasteiger partial charge in [-0.3, -0.25) is 5.43 Å². The molecule has 0 fully saturated rings. The summed E-state index contributed by atoms with van der Waals surface area (Å²) in [7, 11) is 0. The molecule has 2 aromatic rings. The van der Waals surface area contributed by atoms with Crippen LogP contribution < -0.4 is 5.43 Å². The number of benzene rings is 2. The highest BCUT2D eigenvalue weighted by Crippen LogP contribution is 2.31. The van der Waals surface area contributed by atoms with Crippen LogP contribution >= 0.6 is 11.6 Å². The van der Waals surface area contributed by atoms with Gasteiger partial charge in [-0.25, -0.2) is 0 Å². The van der Waals surface area contributed by atoms with Crippen molar-refractivity contribution in [3.05, 3.63) is 46.5 Å². The van der Waals surface area contributed by atoms with E-state index in [1.165, 1.54) is 12.3 Å². The van der Waals surface area contributed by atoms with Gasteiger partial charge in [0, 0.05) is 11.6 Å². The van der Waals surface area contributed by atoms with Crippen LogP contribution in [0.15, 0.2) is 35.4 Å². The smallest absolute Gasteiger partial charge is 0.161 e. The van der Waals surface area contributed by atoms with Gasteiger partial charge in [0.1, 0.15) is 5.75 Å². The lowest BCUT2D eigenvalue weighted by Crippen LogP contribution is -1.92. The number of nitrogens with one attached hydrogen (secondary N) is 1. The molecule has 0 aliphatic rings. The van der Waals surface area contributed by atoms with Gasteiger partial charge in [-0.15, -0.1) is 0 Å². The van der Waals surface area contributed by atoms with Gasteiger partial charge in [0.15, 0.2) is 11.5 Å². The molecule has 2 aromatic carbocycles. The fourth-order valence-corrected chi connectivity index (χ4v) is 1.75. The molecule has 4 N–H and O–H groups in total. The van der Waals surface area contributed by atoms with Crippen molar-refractivity contribution in [2.75, 3.05) is 5.43 Å². The zero-order valence-electron chi connectivity index (χ0n) is 10.6. The first-order valence-electron chi connectivity index (χ1n) is 5.75. The molecule has 0 aromatic heterocycles. The van der Waals surface area contributed by atoms with E-state index in [2.05, 4.69) is 10.5 Å². The molecule has 106 valence electrons. The maximum Gasteiger partial charge on any atom is 0.161 e. The predicted octanol–water partition coefficient (Wildman–Crippen LogP) is 2.77. The number of anilines is 1. The molecule has 2 rings (SSSR count). The van der Waals surface area contributed by atoms with Crippen LogP contribution in [-0.2, 0) is 0 Å². The van der Waals surface area contributed by atoms with E-state index in [0.717, 1.165) is 12.1 Å². The lowest BCUT2D eigenvalue weighted by Gasteiger charge is -2.04. The van der Waals surface area contributed by atoms with Crippen molar-refractivity contribution in [2.45, 2.75) is 0 Å². The Morgan fingerprint density at radius 2 is 1.81 bits per heavy atom. The molecule has 0 saturated heterocycles. The Labute approximate surface area is 125 Å². The van der Waals surface area contributed by atoms with E-state index < -0.39 is 5.75 Å². The Morgan fingerprint density at radius 3 is 2.48 bits per heavy atom. The minimum Gasteiger partial charge on any atom is -0.507 e. The van der Waals surface area contributed by atoms with Crippen LogP contribution in [0.25, 0.3) is 0 Å². The van der Waals surface area contributed by atoms with Crippen molar-refractivity contribution in [3.63, 3.8) is 0 Å². The van der Waals surface area contributed by atoms with E-state index in [-0.39, 0.29) is 17.1 Å². The highest BCUT2D eigenvalue weighted by molar-refractivity contribution is 6.33. The number of rotatable bonds is 3. The summed E-state index contributed by atoms with van der Waals surface area (Å²) < 4.78 is 0. The molecule has 0 amide bonds. The predicted molar refractivity (Wildman–Crippen MR) is 78.8 cm³/mol. The topological polar surface area (TPSA) is 109 Å². The highest BCUT2D eigenvalue weighted by atomic mass is 35.5. The number of nitriles is 1. The molecule has 0 radical (unpaired) electrons. The van der Waals surface area contributed by atoms with Crippen LogP contribution in [0, 0.1) is 11.3 Å². The van der Waals surface area contributed by atoms with Crippen LogP contribution in [0.1, 0.15) is 11.1 Å². The molecular weight excluding hydrogens is 294 g/mol. The quantitative estimate of drug-likeness (QED) is 0.302. The van der Waals surface area contributed by atoms with E-state index in [9.17, 15) is 15.3 Å². The first kappa shape index (κ1) is 14.5. The van der Waals surface area contributed by atoms with Gasteiger partial charge in [0.2, 0.25) is 0 Å². The number of hydrogen-bond donors (Lipinski definition) is 4. The molecule has 0 aliphatic heterocycles. The van der Waals surface area contributed by atoms with Crippen LogP contribution in [0.5, 0.6) is 17.2 Å². The second-order valence-electron chi connectivity index (χ2n) is 4.08. The molecule has 7 heteroatoms. The first-order valence-corrected chi connectivity index (χ1v) is 6.12. The zero-order chi connectivity index (χ0) is 15.4. The first-order chi connectivity index (χ1) is 10.0. The van der Waals surface area contributed by atoms with Gasteiger partial charge in [-0.1, -0.05) is 11.6 Å². The van der Waals surface area contributed by atoms with Crippen molar-refractivity contribution in [3.8, 4) is 23.3 Å². The summed E-state index contributed by atoms with van der Waals surface area (Å²) in [5.74, 6) is -1.03. The largest absolute Gasteiger partial charge is 0.507 e. The molecule has 0 atom stereocenters. The van der Waals surface area contributed by atoms with E-state index in [0.29, 0.717) is 16.3 Å². The lowest BCUT2D eigenvalue weighted by molar-refractivity contribution is 0.396. The average Bonchev–Trinajstić information content (AvgIpc) is 2.46. The number of phenolic OH excluding ortho intramolecular Hbond substituents is 3. The third kappa shape index (κ3) is 3.35. The van der Waals surface area contributed by atoms with Crippen molar-refractivity contribution in [2.24, 2.45) is 5.10 Å². The van der Waals surface area contributed by atoms with Gasteiger partial charge >= 0.3 is 0 Å². The monoisotopic (exact) mass is 303 g/mol. The van der Waals surface area contributed by atoms with Gasteiger partial charge in [0.05, 0.1) is 28.6 Å². The second-order valence-corrected chi connectivity index (χ2v) is 4.48. The molecule has 0 heterocycles. The van der Waals surface area contributed by atoms with Gasteiger partial charge < -0.3 is 15.3 Å². The van der Waals surface area contributed by atoms with Crippen LogP contribution in [0.2, 0.25) is 5.02 Å². The van der Waals surface area contributed by atoms with E-state index >= 15 is 0 Å². The Hall–Kier alpha value is -2.91. The number of hydrazone groups is 1. The van der Waals surface area contributed by atoms with E-state index in [1.54, 1.807) is 12.1 Å². The number of phenols is 3. The summed E-state index contributed by atoms with van der Waals surface area (Å²) in [4.78, 5) is 0. The molecule has 0 aliphatic carbocycles. The van der Waals surface area contributed by atoms with Crippen LogP contribution in [0.3, 0.4) is 0 Å². The number of nitrogens with zero attached hydrogens (tertiary/aromatic N) is 2. The Kier molecular flexibility index (Phi) is 4.16. The van der Waals surface area contributed by atoms with Crippen LogP contribution in [-0.4, -0.2) is 21.5 Å². The van der Waals surface area contributed by atoms with E-state index in [4.69, 9.17) is 16.9 Å². The number of halogens is 1. The standard InChI is InChI=1S/C14H10ClN3O3/c15-10-3-8(6-16)1-2-11(10)18-17-7-9-4-13(20)14(21)5-12(9)19/h1-5,7,18-21H. The lowest BCUT2D eigenvalue weighted by atomic mass is 10.2. The minimum absolute atomic E-state index is 0.211. The van der Waals surface area contributed by atoms with E-state index in [1.807, 2.05) is 6.07 Å². The molecule has 0 spiro atoms. The second kappa shape index (κ2) is 6.03. The normalized spacial score (nSPS) is 10.5. The van der Waals surface area contributed by atoms with Gasteiger partial charge in [-0.2, -0.15) is 10.4 Å². The maximum absolute atomic E-state index is 9.58. The summed E-state index contributed by atoms with van der Waals surface area (Å²) in [6.45, 7) is 0. The Morgan fingerprint density at radius 1 is 1.10 bits per heavy atom. The number of aromatic hydroxyl groups is 3. The van der Waals surface area contributed by atoms with Crippen LogP contribution in [0.4, 0.5) is 5.69 Å². The minimum atomic E-state index is -0.423. The van der Waals surface area contributed by atoms with Crippen molar-refractivity contribution >= 4 is 23.5 Å². The number of hydrogen-bond acceptors (Lipinski definition) is 6. The molecule has 0 unspecified atom stereocenters. The average molecular weight is 304 g/mol. The third-order valence-electron chi connectivity index (χ3n) is 2.61. The van der Waals surface area contributed by atoms with Gasteiger partial charge in [-0.05, 0) is 24.3 Å². The third-order valence-corrected chi connectivity index (χ3v) is 2.92. The Bertz CT molecular complexity index is 754. The summed E-state index contributed by atoms with van der Waals surface area (Å²) in [6.07, 6.45) is 1.25. The fourth-order valence-electron chi connectivity index (χ4n) is 1.53. The summed E-state index contributed by atoms with van der Waals surface area (Å²) >= 11 is 5.96. The molecule has 0 saturated carbocycles. The Balaban J connectivity index is 2.17. The maximum atomic E-state index is 9.58. The molecule has 0 bridgehead atoms. The van der Waals surface area contributed by atoms with Crippen molar-refractivity contribution < 1.29 is 15.3 Å². The molecular formula is C14H10ClN3O3. The summed E-state index contributed by atoms with van der Waals surface area (Å²) in [5, 5.41) is 41.0. The molecule has 21 heavy (non-hydrogen) atoms.